The van der Waals surface area contributed by atoms with Crippen LogP contribution in [0.3, 0.4) is 0 Å². The molecule has 0 saturated carbocycles. The number of nitrogens with zero attached hydrogens (tertiary/aromatic N) is 2. The number of rotatable bonds is 6. The van der Waals surface area contributed by atoms with Crippen LogP contribution in [0.4, 0.5) is 10.5 Å². The number of likely N-dealkylation sites (tertiary alicyclic amines) is 1. The molecule has 0 radical (unpaired) electrons. The summed E-state index contributed by atoms with van der Waals surface area (Å²) >= 11 is 0. The van der Waals surface area contributed by atoms with Crippen molar-refractivity contribution in [1.82, 2.24) is 4.90 Å². The topological polar surface area (TPSA) is 108 Å². The first kappa shape index (κ1) is 21.4. The lowest BCUT2D eigenvalue weighted by molar-refractivity contribution is -0.384. The molecule has 33 heavy (non-hydrogen) atoms. The molecule has 2 aromatic rings. The predicted molar refractivity (Wildman–Crippen MR) is 117 cm³/mol. The second kappa shape index (κ2) is 7.84. The van der Waals surface area contributed by atoms with E-state index in [9.17, 15) is 19.7 Å². The molecule has 0 amide bonds. The fourth-order valence-electron chi connectivity index (χ4n) is 5.54. The lowest BCUT2D eigenvalue weighted by Gasteiger charge is -2.32. The lowest BCUT2D eigenvalue weighted by atomic mass is 9.68. The summed E-state index contributed by atoms with van der Waals surface area (Å²) in [4.78, 5) is 38.0. The van der Waals surface area contributed by atoms with Gasteiger partial charge in [0.1, 0.15) is 5.75 Å². The first-order chi connectivity index (χ1) is 15.8. The third-order valence-electron chi connectivity index (χ3n) is 6.88. The third-order valence-corrected chi connectivity index (χ3v) is 6.88. The quantitative estimate of drug-likeness (QED) is 0.282. The van der Waals surface area contributed by atoms with E-state index in [0.717, 1.165) is 30.4 Å². The van der Waals surface area contributed by atoms with Crippen LogP contribution < -0.4 is 14.2 Å². The molecule has 172 valence electrons. The SMILES string of the molecule is CCCC(=O)C1Oc2c(OC(=O)Oc3ccc([N+](=O)[O-])cc3)ccc3c2[C@]12C[C@@H](C3)N(C)C2. The molecule has 5 rings (SSSR count). The van der Waals surface area contributed by atoms with Gasteiger partial charge in [-0.05, 0) is 50.1 Å². The number of carbonyl (C=O) groups is 2. The number of non-ortho nitro benzene ring substituents is 1. The summed E-state index contributed by atoms with van der Waals surface area (Å²) in [7, 11) is 2.07. The van der Waals surface area contributed by atoms with Gasteiger partial charge in [0.05, 0.1) is 10.3 Å². The summed E-state index contributed by atoms with van der Waals surface area (Å²) in [5, 5.41) is 10.8. The van der Waals surface area contributed by atoms with E-state index in [-0.39, 0.29) is 23.0 Å². The molecule has 2 heterocycles. The Balaban J connectivity index is 1.43. The van der Waals surface area contributed by atoms with E-state index in [2.05, 4.69) is 11.9 Å². The Labute approximate surface area is 190 Å². The van der Waals surface area contributed by atoms with Crippen LogP contribution in [-0.2, 0) is 16.6 Å². The first-order valence-electron chi connectivity index (χ1n) is 11.0. The fourth-order valence-corrected chi connectivity index (χ4v) is 5.54. The number of ether oxygens (including phenoxy) is 3. The minimum Gasteiger partial charge on any atom is -0.477 e. The lowest BCUT2D eigenvalue weighted by Crippen LogP contribution is -2.46. The standard InChI is InChI=1S/C24H24N2O7/c1-3-4-18(27)22-24-12-16(25(2)13-24)11-14-5-10-19(21(33-22)20(14)24)32-23(28)31-17-8-6-15(7-9-17)26(29)30/h5-10,16,22H,3-4,11-13H2,1-2H3/t16-,22?,24-/m1/s1. The molecule has 0 N–H and O–H groups in total. The summed E-state index contributed by atoms with van der Waals surface area (Å²) in [6.45, 7) is 2.69. The number of ketones is 1. The monoisotopic (exact) mass is 452 g/mol. The van der Waals surface area contributed by atoms with Crippen molar-refractivity contribution in [3.05, 3.63) is 57.6 Å². The average Bonchev–Trinajstić information content (AvgIpc) is 3.25. The number of carbonyl (C=O) groups excluding carboxylic acids is 2. The van der Waals surface area contributed by atoms with Gasteiger partial charge in [0.25, 0.3) is 5.69 Å². The van der Waals surface area contributed by atoms with Crippen molar-refractivity contribution in [2.24, 2.45) is 0 Å². The summed E-state index contributed by atoms with van der Waals surface area (Å²) in [5.41, 5.74) is 1.54. The van der Waals surface area contributed by atoms with Gasteiger partial charge in [0, 0.05) is 36.7 Å². The maximum atomic E-state index is 13.0. The molecule has 9 heteroatoms. The van der Waals surface area contributed by atoms with Crippen molar-refractivity contribution in [2.45, 2.75) is 50.2 Å². The van der Waals surface area contributed by atoms with Crippen molar-refractivity contribution >= 4 is 17.6 Å². The molecule has 0 aromatic heterocycles. The van der Waals surface area contributed by atoms with Gasteiger partial charge >= 0.3 is 6.16 Å². The van der Waals surface area contributed by atoms with Crippen molar-refractivity contribution in [2.75, 3.05) is 13.6 Å². The molecular formula is C24H24N2O7. The molecule has 2 bridgehead atoms. The number of hydrogen-bond donors (Lipinski definition) is 0. The van der Waals surface area contributed by atoms with Crippen molar-refractivity contribution in [3.63, 3.8) is 0 Å². The zero-order valence-electron chi connectivity index (χ0n) is 18.4. The predicted octanol–water partition coefficient (Wildman–Crippen LogP) is 3.80. The van der Waals surface area contributed by atoms with Crippen LogP contribution in [0.1, 0.15) is 37.3 Å². The molecule has 1 spiro atoms. The summed E-state index contributed by atoms with van der Waals surface area (Å²) in [6.07, 6.45) is 1.27. The smallest absolute Gasteiger partial charge is 0.477 e. The molecule has 3 atom stereocenters. The Hall–Kier alpha value is -3.46. The van der Waals surface area contributed by atoms with Crippen LogP contribution in [0, 0.1) is 10.1 Å². The van der Waals surface area contributed by atoms with E-state index >= 15 is 0 Å². The number of hydrogen-bond acceptors (Lipinski definition) is 8. The van der Waals surface area contributed by atoms with Gasteiger partial charge in [-0.15, -0.1) is 0 Å². The van der Waals surface area contributed by atoms with E-state index in [1.165, 1.54) is 24.3 Å². The van der Waals surface area contributed by atoms with E-state index in [1.807, 2.05) is 13.0 Å². The number of nitro benzene ring substituents is 1. The highest BCUT2D eigenvalue weighted by Crippen LogP contribution is 2.58. The summed E-state index contributed by atoms with van der Waals surface area (Å²) in [6, 6.07) is 9.09. The van der Waals surface area contributed by atoms with Gasteiger partial charge in [-0.2, -0.15) is 0 Å². The summed E-state index contributed by atoms with van der Waals surface area (Å²) in [5.74, 6) is 0.833. The molecule has 1 fully saturated rings. The first-order valence-corrected chi connectivity index (χ1v) is 11.0. The highest BCUT2D eigenvalue weighted by Gasteiger charge is 2.61. The Bertz CT molecular complexity index is 1140. The van der Waals surface area contributed by atoms with Gasteiger partial charge in [-0.3, -0.25) is 14.9 Å². The zero-order valence-corrected chi connectivity index (χ0v) is 18.4. The molecule has 1 unspecified atom stereocenters. The van der Waals surface area contributed by atoms with Crippen LogP contribution in [0.2, 0.25) is 0 Å². The van der Waals surface area contributed by atoms with Crippen molar-refractivity contribution in [1.29, 1.82) is 0 Å². The maximum absolute atomic E-state index is 13.0. The Kier molecular flexibility index (Phi) is 5.08. The minimum absolute atomic E-state index is 0.0648. The number of likely N-dealkylation sites (N-methyl/N-ethyl adjacent to an activating group) is 1. The van der Waals surface area contributed by atoms with Crippen LogP contribution in [-0.4, -0.2) is 47.5 Å². The van der Waals surface area contributed by atoms with Crippen LogP contribution in [0.5, 0.6) is 17.2 Å². The highest BCUT2D eigenvalue weighted by molar-refractivity contribution is 5.88. The number of benzene rings is 2. The normalized spacial score (nSPS) is 24.7. The molecule has 2 aromatic carbocycles. The van der Waals surface area contributed by atoms with Crippen molar-refractivity contribution in [3.8, 4) is 17.2 Å². The highest BCUT2D eigenvalue weighted by atomic mass is 16.7. The third kappa shape index (κ3) is 3.43. The summed E-state index contributed by atoms with van der Waals surface area (Å²) < 4.78 is 16.9. The van der Waals surface area contributed by atoms with E-state index in [1.54, 1.807) is 6.07 Å². The Morgan fingerprint density at radius 2 is 1.97 bits per heavy atom. The van der Waals surface area contributed by atoms with Crippen LogP contribution in [0.25, 0.3) is 0 Å². The number of Topliss-reactive ketones (excluding diaryl/α,β-unsaturated/α-hetero) is 1. The molecular weight excluding hydrogens is 428 g/mol. The number of nitro groups is 1. The van der Waals surface area contributed by atoms with Crippen LogP contribution in [0.15, 0.2) is 36.4 Å². The van der Waals surface area contributed by atoms with E-state index < -0.39 is 22.6 Å². The Morgan fingerprint density at radius 3 is 2.67 bits per heavy atom. The zero-order chi connectivity index (χ0) is 23.3. The maximum Gasteiger partial charge on any atom is 0.519 e. The van der Waals surface area contributed by atoms with E-state index in [4.69, 9.17) is 14.2 Å². The van der Waals surface area contributed by atoms with Crippen molar-refractivity contribution < 1.29 is 28.7 Å². The van der Waals surface area contributed by atoms with E-state index in [0.29, 0.717) is 24.8 Å². The molecule has 1 saturated heterocycles. The Morgan fingerprint density at radius 1 is 1.21 bits per heavy atom. The van der Waals surface area contributed by atoms with Gasteiger partial charge in [0.2, 0.25) is 0 Å². The van der Waals surface area contributed by atoms with Gasteiger partial charge in [-0.1, -0.05) is 13.0 Å². The second-order valence-corrected chi connectivity index (χ2v) is 8.98. The fraction of sp³-hybridized carbons (Fsp3) is 0.417. The van der Waals surface area contributed by atoms with Gasteiger partial charge in [0.15, 0.2) is 23.4 Å². The molecule has 9 nitrogen and oxygen atoms in total. The minimum atomic E-state index is -0.988. The van der Waals surface area contributed by atoms with Crippen LogP contribution >= 0.6 is 0 Å². The average molecular weight is 452 g/mol. The second-order valence-electron chi connectivity index (χ2n) is 8.98. The van der Waals surface area contributed by atoms with Gasteiger partial charge in [-0.25, -0.2) is 4.79 Å². The molecule has 3 aliphatic rings. The molecule has 1 aliphatic carbocycles. The van der Waals surface area contributed by atoms with Gasteiger partial charge < -0.3 is 19.1 Å². The number of fused-ring (bicyclic) bond motifs is 1. The molecule has 2 aliphatic heterocycles. The largest absolute Gasteiger partial charge is 0.519 e.